The number of benzene rings is 2. The molecule has 20 heavy (non-hydrogen) atoms. The Balaban J connectivity index is 2.56. The maximum absolute atomic E-state index is 6.38. The number of rotatable bonds is 4. The van der Waals surface area contributed by atoms with Gasteiger partial charge in [0.15, 0.2) is 0 Å². The van der Waals surface area contributed by atoms with Gasteiger partial charge in [0.25, 0.3) is 0 Å². The molecule has 0 radical (unpaired) electrons. The van der Waals surface area contributed by atoms with E-state index >= 15 is 0 Å². The van der Waals surface area contributed by atoms with Gasteiger partial charge in [0, 0.05) is 8.04 Å². The molecule has 0 heterocycles. The molecule has 1 nitrogen and oxygen atoms in total. The predicted molar refractivity (Wildman–Crippen MR) is 98.8 cm³/mol. The molecule has 1 N–H and O–H groups in total. The number of nitrogens with one attached hydrogen (secondary N) is 1. The zero-order chi connectivity index (χ0) is 14.7. The van der Waals surface area contributed by atoms with Crippen LogP contribution in [0.1, 0.15) is 24.1 Å². The highest BCUT2D eigenvalue weighted by Crippen LogP contribution is 2.36. The normalized spacial score (nSPS) is 12.4. The van der Waals surface area contributed by atoms with Crippen LogP contribution in [0.25, 0.3) is 0 Å². The summed E-state index contributed by atoms with van der Waals surface area (Å²) in [5.74, 6) is 0. The van der Waals surface area contributed by atoms with E-state index in [1.165, 1.54) is 3.57 Å². The zero-order valence-electron chi connectivity index (χ0n) is 10.8. The molecule has 0 spiro atoms. The third-order valence-corrected chi connectivity index (χ3v) is 5.20. The van der Waals surface area contributed by atoms with Crippen molar-refractivity contribution in [3.05, 3.63) is 65.6 Å². The molecule has 0 fully saturated rings. The van der Waals surface area contributed by atoms with Gasteiger partial charge < -0.3 is 5.32 Å². The molecule has 106 valence electrons. The minimum Gasteiger partial charge on any atom is -0.306 e. The summed E-state index contributed by atoms with van der Waals surface area (Å²) in [6.07, 6.45) is 0. The summed E-state index contributed by atoms with van der Waals surface area (Å²) in [6.45, 7) is 2.92. The summed E-state index contributed by atoms with van der Waals surface area (Å²) >= 11 is 18.5. The van der Waals surface area contributed by atoms with Crippen LogP contribution in [0.4, 0.5) is 0 Å². The average Bonchev–Trinajstić information content (AvgIpc) is 2.43. The van der Waals surface area contributed by atoms with Gasteiger partial charge in [-0.1, -0.05) is 58.2 Å². The lowest BCUT2D eigenvalue weighted by molar-refractivity contribution is 0.628. The van der Waals surface area contributed by atoms with Crippen LogP contribution in [-0.2, 0) is 0 Å². The van der Waals surface area contributed by atoms with Crippen molar-refractivity contribution in [2.24, 2.45) is 0 Å². The van der Waals surface area contributed by atoms with Crippen molar-refractivity contribution in [3.8, 4) is 0 Å². The Morgan fingerprint density at radius 2 is 1.95 bits per heavy atom. The molecular weight excluding hydrogens is 472 g/mol. The van der Waals surface area contributed by atoms with E-state index in [9.17, 15) is 0 Å². The molecule has 0 bridgehead atoms. The Kier molecular flexibility index (Phi) is 6.17. The van der Waals surface area contributed by atoms with Gasteiger partial charge in [-0.25, -0.2) is 0 Å². The second-order valence-electron chi connectivity index (χ2n) is 4.30. The molecule has 0 amide bonds. The summed E-state index contributed by atoms with van der Waals surface area (Å²) < 4.78 is 2.24. The molecule has 2 aromatic rings. The lowest BCUT2D eigenvalue weighted by atomic mass is 9.98. The van der Waals surface area contributed by atoms with E-state index in [1.807, 2.05) is 12.1 Å². The Morgan fingerprint density at radius 3 is 2.65 bits per heavy atom. The average molecular weight is 485 g/mol. The molecule has 0 saturated heterocycles. The molecule has 0 aliphatic heterocycles. The largest absolute Gasteiger partial charge is 0.306 e. The Hall–Kier alpha value is 0.190. The molecule has 5 heteroatoms. The first kappa shape index (κ1) is 16.6. The van der Waals surface area contributed by atoms with Gasteiger partial charge in [0.1, 0.15) is 0 Å². The summed E-state index contributed by atoms with van der Waals surface area (Å²) in [5, 5.41) is 4.66. The highest BCUT2D eigenvalue weighted by molar-refractivity contribution is 14.1. The fraction of sp³-hybridized carbons (Fsp3) is 0.200. The summed E-state index contributed by atoms with van der Waals surface area (Å²) in [7, 11) is 0. The van der Waals surface area contributed by atoms with Crippen LogP contribution in [-0.4, -0.2) is 6.54 Å². The van der Waals surface area contributed by atoms with Gasteiger partial charge in [-0.05, 0) is 64.5 Å². The number of halogens is 4. The fourth-order valence-electron chi connectivity index (χ4n) is 2.07. The molecule has 1 atom stereocenters. The summed E-state index contributed by atoms with van der Waals surface area (Å²) in [5.41, 5.74) is 2.15. The van der Waals surface area contributed by atoms with Crippen molar-refractivity contribution in [3.63, 3.8) is 0 Å². The van der Waals surface area contributed by atoms with Crippen LogP contribution in [0, 0.1) is 3.57 Å². The van der Waals surface area contributed by atoms with E-state index in [0.29, 0.717) is 10.0 Å². The van der Waals surface area contributed by atoms with Crippen LogP contribution >= 0.6 is 61.7 Å². The van der Waals surface area contributed by atoms with Gasteiger partial charge >= 0.3 is 0 Å². The first-order chi connectivity index (χ1) is 9.54. The van der Waals surface area contributed by atoms with E-state index in [0.717, 1.165) is 22.1 Å². The molecule has 2 aromatic carbocycles. The van der Waals surface area contributed by atoms with Crippen molar-refractivity contribution < 1.29 is 0 Å². The predicted octanol–water partition coefficient (Wildman–Crippen LogP) is 6.06. The molecular formula is C15H13BrCl2IN. The maximum Gasteiger partial charge on any atom is 0.0643 e. The fourth-order valence-corrected chi connectivity index (χ4v) is 3.48. The quantitative estimate of drug-likeness (QED) is 0.520. The minimum absolute atomic E-state index is 0.00953. The highest BCUT2D eigenvalue weighted by Gasteiger charge is 2.19. The smallest absolute Gasteiger partial charge is 0.0643 e. The third kappa shape index (κ3) is 3.69. The van der Waals surface area contributed by atoms with Crippen molar-refractivity contribution in [1.29, 1.82) is 0 Å². The van der Waals surface area contributed by atoms with Crippen LogP contribution in [0.3, 0.4) is 0 Å². The molecule has 0 aromatic heterocycles. The highest BCUT2D eigenvalue weighted by atomic mass is 127. The minimum atomic E-state index is 0.00953. The van der Waals surface area contributed by atoms with Crippen molar-refractivity contribution >= 4 is 61.7 Å². The van der Waals surface area contributed by atoms with Crippen LogP contribution in [0.15, 0.2) is 40.9 Å². The van der Waals surface area contributed by atoms with Crippen molar-refractivity contribution in [2.45, 2.75) is 13.0 Å². The lowest BCUT2D eigenvalue weighted by Crippen LogP contribution is -2.23. The van der Waals surface area contributed by atoms with Crippen molar-refractivity contribution in [2.75, 3.05) is 6.54 Å². The van der Waals surface area contributed by atoms with E-state index < -0.39 is 0 Å². The van der Waals surface area contributed by atoms with Gasteiger partial charge in [-0.15, -0.1) is 0 Å². The zero-order valence-corrected chi connectivity index (χ0v) is 16.0. The first-order valence-corrected chi connectivity index (χ1v) is 8.79. The maximum atomic E-state index is 6.38. The molecule has 2 rings (SSSR count). The van der Waals surface area contributed by atoms with Crippen molar-refractivity contribution in [1.82, 2.24) is 5.32 Å². The van der Waals surface area contributed by atoms with Gasteiger partial charge in [-0.3, -0.25) is 0 Å². The monoisotopic (exact) mass is 483 g/mol. The summed E-state index contributed by atoms with van der Waals surface area (Å²) in [6, 6.07) is 12.0. The van der Waals surface area contributed by atoms with Gasteiger partial charge in [0.2, 0.25) is 0 Å². The SMILES string of the molecule is CCNC(c1cc(I)ccc1Br)c1cccc(Cl)c1Cl. The molecule has 1 unspecified atom stereocenters. The van der Waals surface area contributed by atoms with E-state index in [-0.39, 0.29) is 6.04 Å². The second-order valence-corrected chi connectivity index (χ2v) is 7.18. The molecule has 0 aliphatic rings. The Labute approximate surface area is 151 Å². The van der Waals surface area contributed by atoms with Gasteiger partial charge in [-0.2, -0.15) is 0 Å². The van der Waals surface area contributed by atoms with Crippen LogP contribution in [0.2, 0.25) is 10.0 Å². The Morgan fingerprint density at radius 1 is 1.20 bits per heavy atom. The van der Waals surface area contributed by atoms with Crippen LogP contribution < -0.4 is 5.32 Å². The topological polar surface area (TPSA) is 12.0 Å². The summed E-state index contributed by atoms with van der Waals surface area (Å²) in [4.78, 5) is 0. The standard InChI is InChI=1S/C15H13BrCl2IN/c1-2-20-15(10-4-3-5-13(17)14(10)18)11-8-9(19)6-7-12(11)16/h3-8,15,20H,2H2,1H3. The van der Waals surface area contributed by atoms with E-state index in [2.05, 4.69) is 69.0 Å². The number of hydrogen-bond donors (Lipinski definition) is 1. The van der Waals surface area contributed by atoms with E-state index in [1.54, 1.807) is 6.07 Å². The molecule has 0 aliphatic carbocycles. The molecule has 0 saturated carbocycles. The second kappa shape index (κ2) is 7.45. The van der Waals surface area contributed by atoms with E-state index in [4.69, 9.17) is 23.2 Å². The number of hydrogen-bond acceptors (Lipinski definition) is 1. The lowest BCUT2D eigenvalue weighted by Gasteiger charge is -2.22. The Bertz CT molecular complexity index is 617. The third-order valence-electron chi connectivity index (χ3n) is 2.97. The first-order valence-electron chi connectivity index (χ1n) is 6.16. The van der Waals surface area contributed by atoms with Gasteiger partial charge in [0.05, 0.1) is 16.1 Å². The van der Waals surface area contributed by atoms with Crippen LogP contribution in [0.5, 0.6) is 0 Å².